The summed E-state index contributed by atoms with van der Waals surface area (Å²) in [6, 6.07) is -1.48. The van der Waals surface area contributed by atoms with E-state index in [1.807, 2.05) is 0 Å². The van der Waals surface area contributed by atoms with Crippen LogP contribution in [0.15, 0.2) is 60.8 Å². The first kappa shape index (κ1) is 56.7. The van der Waals surface area contributed by atoms with E-state index < -0.39 is 45.1 Å². The fourth-order valence-electron chi connectivity index (χ4n) is 6.11. The molecule has 59 heavy (non-hydrogen) atoms. The molecule has 0 aliphatic heterocycles. The maximum Gasteiger partial charge on any atom is 0.472 e. The number of esters is 1. The molecule has 0 aromatic heterocycles. The van der Waals surface area contributed by atoms with Crippen LogP contribution in [0, 0.1) is 0 Å². The summed E-state index contributed by atoms with van der Waals surface area (Å²) < 4.78 is 33.4. The average Bonchev–Trinajstić information content (AvgIpc) is 3.21. The number of aliphatic carboxylic acids is 1. The number of ether oxygens (including phenoxy) is 2. The molecule has 0 amide bonds. The highest BCUT2D eigenvalue weighted by atomic mass is 31.2. The van der Waals surface area contributed by atoms with E-state index >= 15 is 0 Å². The second kappa shape index (κ2) is 43.7. The van der Waals surface area contributed by atoms with Crippen LogP contribution in [-0.2, 0) is 32.7 Å². The van der Waals surface area contributed by atoms with Gasteiger partial charge in [0, 0.05) is 13.0 Å². The number of nitrogens with two attached hydrogens (primary N) is 1. The molecule has 0 rings (SSSR count). The van der Waals surface area contributed by atoms with Crippen molar-refractivity contribution in [2.75, 3.05) is 26.4 Å². The molecule has 0 heterocycles. The van der Waals surface area contributed by atoms with Crippen molar-refractivity contribution in [3.8, 4) is 0 Å². The Kier molecular flexibility index (Phi) is 42.0. The molecule has 342 valence electrons. The molecule has 0 spiro atoms. The third kappa shape index (κ3) is 43.6. The van der Waals surface area contributed by atoms with E-state index in [1.165, 1.54) is 83.5 Å². The zero-order valence-electron chi connectivity index (χ0n) is 37.3. The largest absolute Gasteiger partial charge is 0.480 e. The van der Waals surface area contributed by atoms with E-state index in [-0.39, 0.29) is 13.0 Å². The summed E-state index contributed by atoms with van der Waals surface area (Å²) in [5.41, 5.74) is 5.36. The molecular formula is C48H86NO9P. The smallest absolute Gasteiger partial charge is 0.472 e. The summed E-state index contributed by atoms with van der Waals surface area (Å²) in [6.45, 7) is 3.80. The quantitative estimate of drug-likeness (QED) is 0.0233. The molecule has 0 bridgehead atoms. The number of phosphoric acid groups is 1. The van der Waals surface area contributed by atoms with Gasteiger partial charge in [0.05, 0.1) is 19.8 Å². The number of carbonyl (C=O) groups is 2. The van der Waals surface area contributed by atoms with Gasteiger partial charge in [-0.05, 0) is 83.5 Å². The number of carboxylic acid groups (broad SMARTS) is 1. The molecule has 0 aromatic carbocycles. The summed E-state index contributed by atoms with van der Waals surface area (Å²) in [6.07, 6.45) is 52.7. The Hall–Kier alpha value is -2.33. The predicted molar refractivity (Wildman–Crippen MR) is 244 cm³/mol. The molecule has 0 saturated heterocycles. The second-order valence-electron chi connectivity index (χ2n) is 15.5. The van der Waals surface area contributed by atoms with Gasteiger partial charge in [-0.2, -0.15) is 0 Å². The van der Waals surface area contributed by atoms with E-state index in [0.717, 1.165) is 83.5 Å². The van der Waals surface area contributed by atoms with Crippen LogP contribution in [0.5, 0.6) is 0 Å². The third-order valence-electron chi connectivity index (χ3n) is 9.77. The minimum atomic E-state index is -4.63. The van der Waals surface area contributed by atoms with Crippen LogP contribution >= 0.6 is 7.82 Å². The highest BCUT2D eigenvalue weighted by molar-refractivity contribution is 7.47. The monoisotopic (exact) mass is 852 g/mol. The number of phosphoric ester groups is 1. The Labute approximate surface area is 360 Å². The Morgan fingerprint density at radius 3 is 1.42 bits per heavy atom. The molecule has 3 unspecified atom stereocenters. The summed E-state index contributed by atoms with van der Waals surface area (Å²) >= 11 is 0. The number of allylic oxidation sites excluding steroid dienone is 10. The van der Waals surface area contributed by atoms with Gasteiger partial charge in [-0.25, -0.2) is 4.57 Å². The van der Waals surface area contributed by atoms with Crippen molar-refractivity contribution in [3.05, 3.63) is 60.8 Å². The van der Waals surface area contributed by atoms with Gasteiger partial charge in [0.1, 0.15) is 12.1 Å². The number of rotatable bonds is 44. The van der Waals surface area contributed by atoms with E-state index in [4.69, 9.17) is 29.4 Å². The molecule has 11 heteroatoms. The van der Waals surface area contributed by atoms with Crippen LogP contribution in [-0.4, -0.2) is 60.5 Å². The van der Waals surface area contributed by atoms with Gasteiger partial charge in [-0.1, -0.05) is 164 Å². The van der Waals surface area contributed by atoms with Gasteiger partial charge in [0.25, 0.3) is 0 Å². The molecular weight excluding hydrogens is 765 g/mol. The topological polar surface area (TPSA) is 155 Å². The Bertz CT molecular complexity index is 1170. The van der Waals surface area contributed by atoms with Crippen LogP contribution < -0.4 is 5.73 Å². The van der Waals surface area contributed by atoms with Crippen molar-refractivity contribution in [1.82, 2.24) is 0 Å². The molecule has 0 aromatic rings. The average molecular weight is 852 g/mol. The van der Waals surface area contributed by atoms with Crippen LogP contribution in [0.2, 0.25) is 0 Å². The molecule has 0 fully saturated rings. The molecule has 0 aliphatic rings. The first-order chi connectivity index (χ1) is 28.7. The summed E-state index contributed by atoms with van der Waals surface area (Å²) in [5.74, 6) is -1.80. The van der Waals surface area contributed by atoms with E-state index in [0.29, 0.717) is 13.0 Å². The molecule has 10 nitrogen and oxygen atoms in total. The van der Waals surface area contributed by atoms with Crippen LogP contribution in [0.1, 0.15) is 194 Å². The maximum absolute atomic E-state index is 12.7. The third-order valence-corrected chi connectivity index (χ3v) is 10.7. The first-order valence-corrected chi connectivity index (χ1v) is 24.8. The molecule has 0 aliphatic carbocycles. The number of carboxylic acids is 1. The van der Waals surface area contributed by atoms with Crippen LogP contribution in [0.25, 0.3) is 0 Å². The zero-order chi connectivity index (χ0) is 43.3. The van der Waals surface area contributed by atoms with Crippen molar-refractivity contribution in [1.29, 1.82) is 0 Å². The van der Waals surface area contributed by atoms with Gasteiger partial charge in [-0.15, -0.1) is 0 Å². The zero-order valence-corrected chi connectivity index (χ0v) is 38.2. The first-order valence-electron chi connectivity index (χ1n) is 23.3. The number of unbranched alkanes of at least 4 members (excludes halogenated alkanes) is 20. The van der Waals surface area contributed by atoms with E-state index in [2.05, 4.69) is 74.6 Å². The van der Waals surface area contributed by atoms with Crippen molar-refractivity contribution >= 4 is 19.8 Å². The normalized spacial score (nSPS) is 14.4. The Balaban J connectivity index is 4.26. The number of hydrogen-bond acceptors (Lipinski definition) is 8. The minimum absolute atomic E-state index is 0.00201. The number of hydrogen-bond donors (Lipinski definition) is 3. The standard InChI is InChI=1S/C48H86NO9P/c1-3-5-7-9-11-13-15-17-19-21-22-23-24-25-26-28-30-32-34-36-38-40-47(50)58-45(43-56-59(53,54)57-44-46(49)48(51)52)42-55-41-39-37-35-33-31-29-27-20-18-16-14-12-10-8-6-4-2/h12,14-15,17-18,20-22,24-25,45-46H,3-11,13,16,19,23,26-44,49H2,1-2H3,(H,51,52)(H,53,54)/b14-12-,17-15-,20-18-,22-21-,25-24-. The van der Waals surface area contributed by atoms with Gasteiger partial charge >= 0.3 is 19.8 Å². The molecule has 0 radical (unpaired) electrons. The molecule has 0 saturated carbocycles. The van der Waals surface area contributed by atoms with Crippen LogP contribution in [0.4, 0.5) is 0 Å². The lowest BCUT2D eigenvalue weighted by Crippen LogP contribution is -2.34. The minimum Gasteiger partial charge on any atom is -0.480 e. The SMILES string of the molecule is CCCCC/C=C\C/C=C\CCCCCCCCOCC(COP(=O)(O)OCC(N)C(=O)O)OC(=O)CCCCCCCC/C=C\C/C=C\C/C=C\CCCCCCC. The van der Waals surface area contributed by atoms with Crippen LogP contribution in [0.3, 0.4) is 0 Å². The predicted octanol–water partition coefficient (Wildman–Crippen LogP) is 13.2. The van der Waals surface area contributed by atoms with Crippen molar-refractivity contribution in [3.63, 3.8) is 0 Å². The van der Waals surface area contributed by atoms with E-state index in [1.54, 1.807) is 0 Å². The summed E-state index contributed by atoms with van der Waals surface area (Å²) in [5, 5.41) is 8.91. The Morgan fingerprint density at radius 2 is 0.932 bits per heavy atom. The lowest BCUT2D eigenvalue weighted by atomic mass is 10.1. The number of carbonyl (C=O) groups excluding carboxylic acids is 1. The van der Waals surface area contributed by atoms with Gasteiger partial charge < -0.3 is 25.2 Å². The van der Waals surface area contributed by atoms with E-state index in [9.17, 15) is 19.0 Å². The van der Waals surface area contributed by atoms with Crippen molar-refractivity contribution in [2.45, 2.75) is 206 Å². The highest BCUT2D eigenvalue weighted by Gasteiger charge is 2.27. The summed E-state index contributed by atoms with van der Waals surface area (Å²) in [7, 11) is -4.63. The molecule has 4 N–H and O–H groups in total. The highest BCUT2D eigenvalue weighted by Crippen LogP contribution is 2.43. The van der Waals surface area contributed by atoms with Gasteiger partial charge in [0.15, 0.2) is 0 Å². The van der Waals surface area contributed by atoms with Crippen molar-refractivity contribution in [2.24, 2.45) is 5.73 Å². The lowest BCUT2D eigenvalue weighted by Gasteiger charge is -2.20. The lowest BCUT2D eigenvalue weighted by molar-refractivity contribution is -0.154. The van der Waals surface area contributed by atoms with Gasteiger partial charge in [0.2, 0.25) is 0 Å². The Morgan fingerprint density at radius 1 is 0.542 bits per heavy atom. The fourth-order valence-corrected chi connectivity index (χ4v) is 6.89. The van der Waals surface area contributed by atoms with Gasteiger partial charge in [-0.3, -0.25) is 18.6 Å². The maximum atomic E-state index is 12.7. The second-order valence-corrected chi connectivity index (χ2v) is 17.0. The summed E-state index contributed by atoms with van der Waals surface area (Å²) in [4.78, 5) is 33.6. The molecule has 3 atom stereocenters. The van der Waals surface area contributed by atoms with Crippen molar-refractivity contribution < 1.29 is 42.7 Å². The fraction of sp³-hybridized carbons (Fsp3) is 0.750.